The first kappa shape index (κ1) is 13.6. The molecule has 0 radical (unpaired) electrons. The van der Waals surface area contributed by atoms with E-state index in [-0.39, 0.29) is 6.17 Å². The minimum absolute atomic E-state index is 0.222. The smallest absolute Gasteiger partial charge is 0.108 e. The second kappa shape index (κ2) is 5.65. The lowest BCUT2D eigenvalue weighted by atomic mass is 9.99. The summed E-state index contributed by atoms with van der Waals surface area (Å²) in [5, 5.41) is 7.40. The summed E-state index contributed by atoms with van der Waals surface area (Å²) in [5.41, 5.74) is 2.66. The van der Waals surface area contributed by atoms with Crippen LogP contribution >= 0.6 is 0 Å². The molecule has 3 unspecified atom stereocenters. The van der Waals surface area contributed by atoms with Crippen LogP contribution < -0.4 is 10.6 Å². The summed E-state index contributed by atoms with van der Waals surface area (Å²) < 4.78 is 0. The van der Waals surface area contributed by atoms with E-state index in [1.807, 2.05) is 0 Å². The van der Waals surface area contributed by atoms with Crippen molar-refractivity contribution in [1.29, 1.82) is 0 Å². The molecule has 1 aliphatic carbocycles. The largest absolute Gasteiger partial charge is 0.372 e. The normalized spacial score (nSPS) is 30.4. The monoisotopic (exact) mass is 293 g/mol. The van der Waals surface area contributed by atoms with Gasteiger partial charge in [0.25, 0.3) is 0 Å². The number of allylic oxidation sites excluding steroid dienone is 3. The van der Waals surface area contributed by atoms with Crippen LogP contribution in [0.2, 0.25) is 0 Å². The van der Waals surface area contributed by atoms with Gasteiger partial charge < -0.3 is 10.2 Å². The molecule has 2 aliphatic heterocycles. The fourth-order valence-corrected chi connectivity index (χ4v) is 3.67. The van der Waals surface area contributed by atoms with Gasteiger partial charge in [-0.3, -0.25) is 5.32 Å². The first-order chi connectivity index (χ1) is 10.8. The zero-order valence-corrected chi connectivity index (χ0v) is 13.0. The summed E-state index contributed by atoms with van der Waals surface area (Å²) in [5.74, 6) is 1.28. The van der Waals surface area contributed by atoms with Crippen molar-refractivity contribution in [2.75, 3.05) is 6.54 Å². The molecular formula is C19H23N3. The topological polar surface area (TPSA) is 27.3 Å². The molecule has 0 saturated carbocycles. The first-order valence-electron chi connectivity index (χ1n) is 8.23. The van der Waals surface area contributed by atoms with Gasteiger partial charge in [-0.15, -0.1) is 0 Å². The van der Waals surface area contributed by atoms with Crippen molar-refractivity contribution in [2.24, 2.45) is 0 Å². The van der Waals surface area contributed by atoms with Gasteiger partial charge in [-0.25, -0.2) is 0 Å². The molecule has 4 rings (SSSR count). The Bertz CT molecular complexity index is 629. The Morgan fingerprint density at radius 1 is 1.18 bits per heavy atom. The number of nitrogens with one attached hydrogen (secondary N) is 2. The van der Waals surface area contributed by atoms with E-state index in [1.54, 1.807) is 0 Å². The maximum atomic E-state index is 3.80. The third-order valence-corrected chi connectivity index (χ3v) is 4.73. The van der Waals surface area contributed by atoms with Crippen molar-refractivity contribution < 1.29 is 0 Å². The summed E-state index contributed by atoms with van der Waals surface area (Å²) >= 11 is 0. The fourth-order valence-electron chi connectivity index (χ4n) is 3.67. The molecule has 1 aromatic rings. The van der Waals surface area contributed by atoms with Crippen LogP contribution in [-0.4, -0.2) is 23.5 Å². The Balaban J connectivity index is 1.72. The molecule has 3 atom stereocenters. The summed E-state index contributed by atoms with van der Waals surface area (Å²) in [6.07, 6.45) is 11.9. The highest BCUT2D eigenvalue weighted by Crippen LogP contribution is 2.35. The molecule has 0 aromatic heterocycles. The van der Waals surface area contributed by atoms with Gasteiger partial charge in [0, 0.05) is 6.54 Å². The second-order valence-corrected chi connectivity index (χ2v) is 6.33. The minimum atomic E-state index is 0.222. The van der Waals surface area contributed by atoms with Crippen LogP contribution in [0.4, 0.5) is 0 Å². The van der Waals surface area contributed by atoms with Crippen molar-refractivity contribution >= 4 is 0 Å². The van der Waals surface area contributed by atoms with Gasteiger partial charge >= 0.3 is 0 Å². The Kier molecular flexibility index (Phi) is 3.51. The predicted octanol–water partition coefficient (Wildman–Crippen LogP) is 3.07. The van der Waals surface area contributed by atoms with E-state index in [0.29, 0.717) is 12.1 Å². The van der Waals surface area contributed by atoms with Crippen molar-refractivity contribution in [3.05, 3.63) is 71.6 Å². The van der Waals surface area contributed by atoms with Gasteiger partial charge in [-0.1, -0.05) is 54.1 Å². The van der Waals surface area contributed by atoms with Crippen molar-refractivity contribution in [2.45, 2.75) is 38.0 Å². The van der Waals surface area contributed by atoms with Crippen LogP contribution in [0.15, 0.2) is 66.0 Å². The predicted molar refractivity (Wildman–Crippen MR) is 90.0 cm³/mol. The van der Waals surface area contributed by atoms with Gasteiger partial charge in [0.2, 0.25) is 0 Å². The average Bonchev–Trinajstić information content (AvgIpc) is 2.95. The third-order valence-electron chi connectivity index (χ3n) is 4.73. The van der Waals surface area contributed by atoms with Crippen molar-refractivity contribution in [3.63, 3.8) is 0 Å². The quantitative estimate of drug-likeness (QED) is 0.877. The number of rotatable bonds is 2. The summed E-state index contributed by atoms with van der Waals surface area (Å²) in [4.78, 5) is 2.51. The van der Waals surface area contributed by atoms with Gasteiger partial charge in [-0.05, 0) is 31.4 Å². The second-order valence-electron chi connectivity index (χ2n) is 6.33. The highest BCUT2D eigenvalue weighted by atomic mass is 15.4. The average molecular weight is 293 g/mol. The minimum Gasteiger partial charge on any atom is -0.372 e. The molecule has 1 saturated heterocycles. The van der Waals surface area contributed by atoms with E-state index in [1.165, 1.54) is 23.4 Å². The summed E-state index contributed by atoms with van der Waals surface area (Å²) in [6.45, 7) is 3.24. The molecule has 114 valence electrons. The first-order valence-corrected chi connectivity index (χ1v) is 8.23. The number of hydrogen-bond acceptors (Lipinski definition) is 3. The molecule has 0 spiro atoms. The van der Waals surface area contributed by atoms with Gasteiger partial charge in [0.05, 0.1) is 17.9 Å². The van der Waals surface area contributed by atoms with E-state index in [0.717, 1.165) is 13.0 Å². The number of hydrogen-bond donors (Lipinski definition) is 2. The molecule has 22 heavy (non-hydrogen) atoms. The molecule has 1 aromatic carbocycles. The highest BCUT2D eigenvalue weighted by molar-refractivity contribution is 5.34. The van der Waals surface area contributed by atoms with E-state index < -0.39 is 0 Å². The van der Waals surface area contributed by atoms with Crippen LogP contribution in [-0.2, 0) is 0 Å². The van der Waals surface area contributed by atoms with E-state index in [4.69, 9.17) is 0 Å². The number of fused-ring (bicyclic) bond motifs is 1. The lowest BCUT2D eigenvalue weighted by Crippen LogP contribution is -2.40. The van der Waals surface area contributed by atoms with E-state index >= 15 is 0 Å². The lowest BCUT2D eigenvalue weighted by Gasteiger charge is -2.35. The zero-order valence-electron chi connectivity index (χ0n) is 13.0. The molecule has 0 bridgehead atoms. The van der Waals surface area contributed by atoms with Crippen LogP contribution in [0.3, 0.4) is 0 Å². The zero-order chi connectivity index (χ0) is 14.9. The van der Waals surface area contributed by atoms with Crippen LogP contribution in [0.5, 0.6) is 0 Å². The van der Waals surface area contributed by atoms with Crippen molar-refractivity contribution in [3.8, 4) is 0 Å². The van der Waals surface area contributed by atoms with Crippen LogP contribution in [0, 0.1) is 0 Å². The van der Waals surface area contributed by atoms with Gasteiger partial charge in [0.1, 0.15) is 6.17 Å². The maximum Gasteiger partial charge on any atom is 0.108 e. The molecule has 1 fully saturated rings. The Morgan fingerprint density at radius 2 is 2.05 bits per heavy atom. The molecule has 0 amide bonds. The Labute approximate surface area is 132 Å². The van der Waals surface area contributed by atoms with Gasteiger partial charge in [-0.2, -0.15) is 0 Å². The Hall–Kier alpha value is -2.00. The number of nitrogens with zero attached hydrogens (tertiary/aromatic N) is 1. The summed E-state index contributed by atoms with van der Waals surface area (Å²) in [7, 11) is 0. The SMILES string of the molecule is CC1=CC2NC(c3ccccc3)N(C3=CCCCN3)C2C=C1. The molecule has 3 nitrogen and oxygen atoms in total. The number of benzene rings is 1. The van der Waals surface area contributed by atoms with Crippen molar-refractivity contribution in [1.82, 2.24) is 15.5 Å². The maximum absolute atomic E-state index is 3.80. The van der Waals surface area contributed by atoms with E-state index in [9.17, 15) is 0 Å². The molecular weight excluding hydrogens is 270 g/mol. The molecule has 3 aliphatic rings. The molecule has 2 N–H and O–H groups in total. The van der Waals surface area contributed by atoms with Crippen LogP contribution in [0.25, 0.3) is 0 Å². The molecule has 3 heteroatoms. The lowest BCUT2D eigenvalue weighted by molar-refractivity contribution is 0.248. The van der Waals surface area contributed by atoms with Crippen LogP contribution in [0.1, 0.15) is 31.5 Å². The highest BCUT2D eigenvalue weighted by Gasteiger charge is 2.41. The Morgan fingerprint density at radius 3 is 2.82 bits per heavy atom. The molecule has 2 heterocycles. The van der Waals surface area contributed by atoms with Gasteiger partial charge in [0.15, 0.2) is 0 Å². The van der Waals surface area contributed by atoms with E-state index in [2.05, 4.69) is 77.1 Å². The fraction of sp³-hybridized carbons (Fsp3) is 0.368. The summed E-state index contributed by atoms with van der Waals surface area (Å²) in [6, 6.07) is 11.5. The third kappa shape index (κ3) is 2.35. The standard InChI is InChI=1S/C19H23N3/c1-14-10-11-17-16(13-14)21-19(15-7-3-2-4-8-15)22(17)18-9-5-6-12-20-18/h2-4,7-11,13,16-17,19-21H,5-6,12H2,1H3.